The fraction of sp³-hybridized carbons (Fsp3) is 0.324. The fourth-order valence-corrected chi connectivity index (χ4v) is 10.9. The molecule has 1 aliphatic heterocycles. The minimum atomic E-state index is -0.580. The molecule has 42 heavy (non-hydrogen) atoms. The number of esters is 1. The molecule has 5 aliphatic rings. The van der Waals surface area contributed by atoms with Crippen molar-refractivity contribution in [1.29, 1.82) is 0 Å². The summed E-state index contributed by atoms with van der Waals surface area (Å²) in [5.74, 6) is 4.58. The Kier molecular flexibility index (Phi) is 6.33. The molecule has 1 heterocycles. The van der Waals surface area contributed by atoms with E-state index in [0.29, 0.717) is 17.6 Å². The number of benzene rings is 4. The average molecular weight is 577 g/mol. The second-order valence-corrected chi connectivity index (χ2v) is 14.8. The molecular weight excluding hydrogens is 540 g/mol. The molecule has 4 aromatic carbocycles. The van der Waals surface area contributed by atoms with Crippen LogP contribution in [0, 0.1) is 23.7 Å². The second kappa shape index (κ2) is 10.2. The number of hydrogen-bond donors (Lipinski definition) is 1. The molecule has 4 bridgehead atoms. The summed E-state index contributed by atoms with van der Waals surface area (Å²) >= 11 is 0. The summed E-state index contributed by atoms with van der Waals surface area (Å²) in [7, 11) is -0.580. The minimum absolute atomic E-state index is 0.0706. The van der Waals surface area contributed by atoms with Gasteiger partial charge >= 0.3 is 5.97 Å². The van der Waals surface area contributed by atoms with Crippen LogP contribution in [-0.4, -0.2) is 18.2 Å². The van der Waals surface area contributed by atoms with Crippen LogP contribution >= 0.6 is 10.9 Å². The standard InChI is InChI=1S/C37H36O4S/c1-37(26-19-24-18-25(21-26)22-27(37)20-24)41-36(38)23-39-28-10-12-29(13-11-28)40-30-14-16-31(17-15-30)42-34-8-4-2-6-32(34)33-7-3-5-9-35(33)42/h2-17,24-27,42H,18-23H2,1H3. The van der Waals surface area contributed by atoms with Crippen molar-refractivity contribution in [3.8, 4) is 28.4 Å². The summed E-state index contributed by atoms with van der Waals surface area (Å²) in [4.78, 5) is 16.9. The van der Waals surface area contributed by atoms with Crippen molar-refractivity contribution in [3.63, 3.8) is 0 Å². The van der Waals surface area contributed by atoms with Gasteiger partial charge in [-0.1, -0.05) is 36.4 Å². The number of ether oxygens (including phenoxy) is 3. The summed E-state index contributed by atoms with van der Waals surface area (Å²) in [6, 6.07) is 33.4. The third-order valence-corrected chi connectivity index (χ3v) is 12.7. The van der Waals surface area contributed by atoms with Crippen LogP contribution in [0.1, 0.15) is 39.0 Å². The number of thiol groups is 1. The molecule has 5 heteroatoms. The van der Waals surface area contributed by atoms with Crippen LogP contribution in [0.2, 0.25) is 0 Å². The summed E-state index contributed by atoms with van der Waals surface area (Å²) < 4.78 is 18.1. The summed E-state index contributed by atoms with van der Waals surface area (Å²) in [5.41, 5.74) is 2.36. The topological polar surface area (TPSA) is 44.8 Å². The Balaban J connectivity index is 0.889. The Morgan fingerprint density at radius 3 is 1.76 bits per heavy atom. The van der Waals surface area contributed by atoms with Gasteiger partial charge in [0.1, 0.15) is 22.8 Å². The zero-order valence-corrected chi connectivity index (χ0v) is 24.8. The van der Waals surface area contributed by atoms with Crippen molar-refractivity contribution in [3.05, 3.63) is 97.1 Å². The third kappa shape index (κ3) is 4.50. The highest BCUT2D eigenvalue weighted by Crippen LogP contribution is 2.62. The van der Waals surface area contributed by atoms with E-state index >= 15 is 0 Å². The van der Waals surface area contributed by atoms with Gasteiger partial charge in [0, 0.05) is 9.79 Å². The van der Waals surface area contributed by atoms with Crippen LogP contribution < -0.4 is 9.47 Å². The predicted octanol–water partition coefficient (Wildman–Crippen LogP) is 9.07. The third-order valence-electron chi connectivity index (χ3n) is 10.2. The van der Waals surface area contributed by atoms with E-state index in [1.165, 1.54) is 57.9 Å². The van der Waals surface area contributed by atoms with Crippen LogP contribution in [0.15, 0.2) is 112 Å². The van der Waals surface area contributed by atoms with Crippen molar-refractivity contribution in [2.45, 2.75) is 59.3 Å². The van der Waals surface area contributed by atoms with Gasteiger partial charge in [-0.15, -0.1) is 0 Å². The molecule has 4 fully saturated rings. The molecule has 0 radical (unpaired) electrons. The number of carbonyl (C=O) groups excluding carboxylic acids is 1. The van der Waals surface area contributed by atoms with Crippen molar-refractivity contribution in [2.24, 2.45) is 23.7 Å². The maximum atomic E-state index is 12.8. The molecule has 4 aliphatic carbocycles. The van der Waals surface area contributed by atoms with Crippen molar-refractivity contribution in [1.82, 2.24) is 0 Å². The first kappa shape index (κ1) is 26.0. The molecule has 0 amide bonds. The first-order valence-corrected chi connectivity index (χ1v) is 16.6. The molecule has 4 aromatic rings. The molecule has 0 unspecified atom stereocenters. The van der Waals surface area contributed by atoms with Gasteiger partial charge in [0.05, 0.1) is 0 Å². The summed E-state index contributed by atoms with van der Waals surface area (Å²) in [6.45, 7) is 2.10. The predicted molar refractivity (Wildman–Crippen MR) is 166 cm³/mol. The minimum Gasteiger partial charge on any atom is -0.482 e. The highest BCUT2D eigenvalue weighted by Gasteiger charge is 2.57. The van der Waals surface area contributed by atoms with E-state index in [-0.39, 0.29) is 18.2 Å². The molecule has 9 rings (SSSR count). The Labute approximate surface area is 250 Å². The average Bonchev–Trinajstić information content (AvgIpc) is 3.34. The van der Waals surface area contributed by atoms with Crippen LogP contribution in [0.25, 0.3) is 11.1 Å². The van der Waals surface area contributed by atoms with Gasteiger partial charge in [-0.3, -0.25) is 0 Å². The molecule has 0 spiro atoms. The first-order valence-electron chi connectivity index (χ1n) is 15.2. The van der Waals surface area contributed by atoms with E-state index in [9.17, 15) is 4.79 Å². The lowest BCUT2D eigenvalue weighted by Gasteiger charge is -2.59. The van der Waals surface area contributed by atoms with Gasteiger partial charge < -0.3 is 14.2 Å². The maximum Gasteiger partial charge on any atom is 0.344 e. The smallest absolute Gasteiger partial charge is 0.344 e. The number of rotatable bonds is 7. The van der Waals surface area contributed by atoms with Crippen molar-refractivity contribution >= 4 is 16.9 Å². The molecular formula is C37H36O4S. The Morgan fingerprint density at radius 2 is 1.19 bits per heavy atom. The first-order chi connectivity index (χ1) is 20.5. The Morgan fingerprint density at radius 1 is 0.690 bits per heavy atom. The van der Waals surface area contributed by atoms with E-state index in [1.54, 1.807) is 0 Å². The Hall–Kier alpha value is -3.70. The molecule has 0 atom stereocenters. The van der Waals surface area contributed by atoms with Gasteiger partial charge in [-0.2, -0.15) is 10.9 Å². The molecule has 0 saturated heterocycles. The molecule has 214 valence electrons. The number of carbonyl (C=O) groups is 1. The highest BCUT2D eigenvalue weighted by molar-refractivity contribution is 8.17. The Bertz CT molecular complexity index is 1550. The van der Waals surface area contributed by atoms with E-state index in [4.69, 9.17) is 14.2 Å². The maximum absolute atomic E-state index is 12.8. The lowest BCUT2D eigenvalue weighted by molar-refractivity contribution is -0.204. The largest absolute Gasteiger partial charge is 0.482 e. The molecule has 0 N–H and O–H groups in total. The highest BCUT2D eigenvalue weighted by atomic mass is 32.2. The van der Waals surface area contributed by atoms with Gasteiger partial charge in [0.25, 0.3) is 0 Å². The summed E-state index contributed by atoms with van der Waals surface area (Å²) in [5, 5.41) is 0. The van der Waals surface area contributed by atoms with E-state index in [2.05, 4.69) is 67.6 Å². The number of fused-ring (bicyclic) bond motifs is 3. The zero-order valence-electron chi connectivity index (χ0n) is 23.9. The normalized spacial score (nSPS) is 27.3. The van der Waals surface area contributed by atoms with E-state index in [0.717, 1.165) is 23.3 Å². The lowest BCUT2D eigenvalue weighted by Crippen LogP contribution is -2.58. The van der Waals surface area contributed by atoms with Crippen molar-refractivity contribution < 1.29 is 19.0 Å². The van der Waals surface area contributed by atoms with Crippen LogP contribution in [0.5, 0.6) is 17.2 Å². The number of hydrogen-bond acceptors (Lipinski definition) is 4. The molecule has 4 saturated carbocycles. The van der Waals surface area contributed by atoms with Crippen LogP contribution in [-0.2, 0) is 9.53 Å². The quantitative estimate of drug-likeness (QED) is 0.155. The lowest BCUT2D eigenvalue weighted by atomic mass is 9.50. The van der Waals surface area contributed by atoms with Gasteiger partial charge in [0.2, 0.25) is 0 Å². The van der Waals surface area contributed by atoms with Crippen LogP contribution in [0.4, 0.5) is 0 Å². The van der Waals surface area contributed by atoms with Crippen LogP contribution in [0.3, 0.4) is 0 Å². The molecule has 0 aromatic heterocycles. The zero-order chi connectivity index (χ0) is 28.3. The van der Waals surface area contributed by atoms with E-state index < -0.39 is 10.9 Å². The van der Waals surface area contributed by atoms with Crippen molar-refractivity contribution in [2.75, 3.05) is 6.61 Å². The summed E-state index contributed by atoms with van der Waals surface area (Å²) in [6.07, 6.45) is 6.24. The van der Waals surface area contributed by atoms with Gasteiger partial charge in [-0.05, 0) is 139 Å². The van der Waals surface area contributed by atoms with E-state index in [1.807, 2.05) is 36.4 Å². The van der Waals surface area contributed by atoms with Gasteiger partial charge in [-0.25, -0.2) is 4.79 Å². The monoisotopic (exact) mass is 576 g/mol. The molecule has 4 nitrogen and oxygen atoms in total. The van der Waals surface area contributed by atoms with Gasteiger partial charge in [0.15, 0.2) is 6.61 Å². The second-order valence-electron chi connectivity index (χ2n) is 12.7. The fourth-order valence-electron chi connectivity index (χ4n) is 8.31. The SMILES string of the molecule is CC1(OC(=O)COc2ccc(Oc3ccc([SH]4c5ccccc5-c5ccccc54)cc3)cc2)C2CC3CC(C2)CC1C3.